The van der Waals surface area contributed by atoms with Crippen LogP contribution >= 0.6 is 0 Å². The number of allylic oxidation sites excluding steroid dienone is 2. The van der Waals surface area contributed by atoms with Gasteiger partial charge in [-0.3, -0.25) is 0 Å². The molecular formula is C46H68N2O4+2. The zero-order chi connectivity index (χ0) is 37.3. The van der Waals surface area contributed by atoms with E-state index in [-0.39, 0.29) is 57.2 Å². The van der Waals surface area contributed by atoms with Gasteiger partial charge in [-0.1, -0.05) is 58.9 Å². The molecule has 0 saturated heterocycles. The average Bonchev–Trinajstić information content (AvgIpc) is 3.52. The maximum Gasteiger partial charge on any atom is 0.375 e. The molecule has 0 aromatic carbocycles. The molecule has 6 aliphatic rings. The van der Waals surface area contributed by atoms with E-state index in [4.69, 9.17) is 9.47 Å². The van der Waals surface area contributed by atoms with E-state index >= 15 is 0 Å². The molecule has 0 radical (unpaired) electrons. The predicted octanol–water partition coefficient (Wildman–Crippen LogP) is 9.08. The first kappa shape index (κ1) is 37.6. The number of carbonyl (C=O) groups is 2. The Morgan fingerprint density at radius 3 is 2.27 bits per heavy atom. The van der Waals surface area contributed by atoms with Gasteiger partial charge in [0.1, 0.15) is 12.6 Å². The minimum atomic E-state index is -0.343. The van der Waals surface area contributed by atoms with Crippen LogP contribution in [0, 0.1) is 56.7 Å². The summed E-state index contributed by atoms with van der Waals surface area (Å²) in [5.41, 5.74) is 1.93. The van der Waals surface area contributed by atoms with Gasteiger partial charge in [0.05, 0.1) is 6.61 Å². The lowest BCUT2D eigenvalue weighted by atomic mass is 9.32. The first-order valence-corrected chi connectivity index (χ1v) is 20.8. The molecule has 1 aromatic rings. The van der Waals surface area contributed by atoms with Gasteiger partial charge in [0, 0.05) is 43.2 Å². The van der Waals surface area contributed by atoms with Gasteiger partial charge in [-0.15, -0.1) is 0 Å². The Morgan fingerprint density at radius 2 is 1.58 bits per heavy atom. The number of ether oxygens (including phenoxy) is 2. The number of nitrogens with zero attached hydrogens (tertiary/aromatic N) is 2. The molecule has 7 rings (SSSR count). The van der Waals surface area contributed by atoms with E-state index in [9.17, 15) is 9.59 Å². The summed E-state index contributed by atoms with van der Waals surface area (Å²) in [5.74, 6) is 2.56. The van der Waals surface area contributed by atoms with E-state index in [1.165, 1.54) is 44.1 Å². The first-order valence-electron chi connectivity index (χ1n) is 20.8. The zero-order valence-corrected chi connectivity index (χ0v) is 33.7. The molecule has 0 spiro atoms. The standard InChI is InChI=1S/C46H68N2O4/c1-31(2)34-18-23-46(30-51-40(49)32(3)47-26-12-10-13-27-47)25-24-44(8)35(39(34)46)16-17-37-43(7)21-20-38(42(5,6)36(43)19-22-45(37,44)9)52-41(50)33(4)48-28-14-11-15-29-48/h10-12,14-15,26,28-29,32-39H,1,13,16-25,27,30H2,2-9H3/q+2/t32?,33?,34-,35?,36?,37?,38-,39?,43-,44+,45+,46+/m0/s1. The summed E-state index contributed by atoms with van der Waals surface area (Å²) in [6, 6.07) is 5.31. The van der Waals surface area contributed by atoms with Crippen molar-refractivity contribution >= 4 is 18.2 Å². The van der Waals surface area contributed by atoms with Gasteiger partial charge in [-0.2, -0.15) is 4.57 Å². The predicted molar refractivity (Wildman–Crippen MR) is 206 cm³/mol. The number of carbonyl (C=O) groups excluding carboxylic acids is 2. The summed E-state index contributed by atoms with van der Waals surface area (Å²) in [6.07, 6.45) is 22.7. The summed E-state index contributed by atoms with van der Waals surface area (Å²) in [4.78, 5) is 27.0. The molecule has 1 aromatic heterocycles. The van der Waals surface area contributed by atoms with E-state index < -0.39 is 0 Å². The van der Waals surface area contributed by atoms with Crippen molar-refractivity contribution in [2.45, 2.75) is 144 Å². The molecule has 6 unspecified atom stereocenters. The van der Waals surface area contributed by atoms with Crippen molar-refractivity contribution in [3.8, 4) is 0 Å². The summed E-state index contributed by atoms with van der Waals surface area (Å²) in [5, 5.41) is 0. The van der Waals surface area contributed by atoms with Gasteiger partial charge < -0.3 is 9.47 Å². The van der Waals surface area contributed by atoms with Crippen molar-refractivity contribution in [1.82, 2.24) is 0 Å². The lowest BCUT2D eigenvalue weighted by molar-refractivity contribution is -0.707. The molecule has 52 heavy (non-hydrogen) atoms. The van der Waals surface area contributed by atoms with Crippen LogP contribution in [-0.2, 0) is 19.1 Å². The number of fused-ring (bicyclic) bond motifs is 7. The van der Waals surface area contributed by atoms with Crippen LogP contribution in [0.1, 0.15) is 132 Å². The highest BCUT2D eigenvalue weighted by Gasteiger charge is 2.71. The molecule has 2 heterocycles. The van der Waals surface area contributed by atoms with Crippen molar-refractivity contribution < 1.29 is 28.2 Å². The van der Waals surface area contributed by atoms with Crippen LogP contribution in [0.5, 0.6) is 0 Å². The molecule has 12 atom stereocenters. The maximum absolute atomic E-state index is 13.5. The monoisotopic (exact) mass is 713 g/mol. The largest absolute Gasteiger partial charge is 0.460 e. The minimum Gasteiger partial charge on any atom is -0.460 e. The fourth-order valence-electron chi connectivity index (χ4n) is 14.1. The first-order chi connectivity index (χ1) is 24.6. The van der Waals surface area contributed by atoms with Crippen molar-refractivity contribution in [2.75, 3.05) is 13.2 Å². The van der Waals surface area contributed by atoms with Crippen LogP contribution in [0.3, 0.4) is 0 Å². The van der Waals surface area contributed by atoms with Gasteiger partial charge in [0.25, 0.3) is 6.04 Å². The van der Waals surface area contributed by atoms with Crippen molar-refractivity contribution in [2.24, 2.45) is 56.7 Å². The van der Waals surface area contributed by atoms with Crippen molar-refractivity contribution in [3.05, 3.63) is 54.9 Å². The SMILES string of the molecule is C=C(C)[C@@H]1CC[C@]2(COC(=O)C(C)[N+]3=CC=CCC3)CC[C@]3(C)C(CCC4[C@@]5(C)CC[C@H](OC(=O)C(C)[n+]6ccccc6)C(C)(C)C5CC[C@]43C)C12. The smallest absolute Gasteiger partial charge is 0.375 e. The summed E-state index contributed by atoms with van der Waals surface area (Å²) in [6.45, 7) is 25.0. The average molecular weight is 713 g/mol. The lowest BCUT2D eigenvalue weighted by Crippen LogP contribution is -2.67. The zero-order valence-electron chi connectivity index (χ0n) is 33.7. The van der Waals surface area contributed by atoms with E-state index in [0.29, 0.717) is 36.2 Å². The molecule has 1 aliphatic heterocycles. The second-order valence-electron chi connectivity index (χ2n) is 19.7. The highest BCUT2D eigenvalue weighted by molar-refractivity contribution is 5.76. The maximum atomic E-state index is 13.5. The highest BCUT2D eigenvalue weighted by atomic mass is 16.5. The number of rotatable bonds is 8. The highest BCUT2D eigenvalue weighted by Crippen LogP contribution is 2.77. The number of esters is 2. The molecule has 5 aliphatic carbocycles. The Labute approximate surface area is 314 Å². The topological polar surface area (TPSA) is 59.5 Å². The van der Waals surface area contributed by atoms with Crippen LogP contribution in [0.2, 0.25) is 0 Å². The second-order valence-corrected chi connectivity index (χ2v) is 19.7. The Morgan fingerprint density at radius 1 is 0.827 bits per heavy atom. The van der Waals surface area contributed by atoms with Gasteiger partial charge in [0.15, 0.2) is 18.6 Å². The van der Waals surface area contributed by atoms with Crippen LogP contribution in [-0.4, -0.2) is 48.0 Å². The Hall–Kier alpha value is -2.76. The minimum absolute atomic E-state index is 0.0398. The Balaban J connectivity index is 1.11. The fraction of sp³-hybridized carbons (Fsp3) is 0.739. The Bertz CT molecular complexity index is 1610. The Kier molecular flexibility index (Phi) is 9.76. The fourth-order valence-corrected chi connectivity index (χ4v) is 14.1. The summed E-state index contributed by atoms with van der Waals surface area (Å²) >= 11 is 0. The van der Waals surface area contributed by atoms with Gasteiger partial charge in [-0.05, 0) is 123 Å². The molecule has 5 saturated carbocycles. The third kappa shape index (κ3) is 5.78. The molecule has 0 N–H and O–H groups in total. The molecule has 0 bridgehead atoms. The normalized spacial score (nSPS) is 41.6. The van der Waals surface area contributed by atoms with Crippen LogP contribution in [0.4, 0.5) is 0 Å². The van der Waals surface area contributed by atoms with Crippen molar-refractivity contribution in [1.29, 1.82) is 0 Å². The number of hydrogen-bond donors (Lipinski definition) is 0. The van der Waals surface area contributed by atoms with E-state index in [1.807, 2.05) is 55.2 Å². The summed E-state index contributed by atoms with van der Waals surface area (Å²) in [7, 11) is 0. The van der Waals surface area contributed by atoms with Gasteiger partial charge >= 0.3 is 11.9 Å². The number of pyridine rings is 1. The molecule has 5 fully saturated rings. The van der Waals surface area contributed by atoms with E-state index in [0.717, 1.165) is 38.6 Å². The number of hydrogen-bond acceptors (Lipinski definition) is 4. The molecular weight excluding hydrogens is 645 g/mol. The molecule has 6 heteroatoms. The van der Waals surface area contributed by atoms with E-state index in [2.05, 4.69) is 64.8 Å². The molecule has 6 nitrogen and oxygen atoms in total. The quantitative estimate of drug-likeness (QED) is 0.153. The van der Waals surface area contributed by atoms with Crippen LogP contribution in [0.15, 0.2) is 54.9 Å². The third-order valence-corrected chi connectivity index (χ3v) is 17.3. The van der Waals surface area contributed by atoms with Gasteiger partial charge in [0.2, 0.25) is 6.04 Å². The van der Waals surface area contributed by atoms with Crippen LogP contribution < -0.4 is 4.57 Å². The van der Waals surface area contributed by atoms with Crippen molar-refractivity contribution in [3.63, 3.8) is 0 Å². The number of aromatic nitrogens is 1. The van der Waals surface area contributed by atoms with Crippen LogP contribution in [0.25, 0.3) is 0 Å². The molecule has 0 amide bonds. The lowest BCUT2D eigenvalue weighted by Gasteiger charge is -2.73. The van der Waals surface area contributed by atoms with Gasteiger partial charge in [-0.25, -0.2) is 14.2 Å². The molecule has 284 valence electrons. The summed E-state index contributed by atoms with van der Waals surface area (Å²) < 4.78 is 16.9. The third-order valence-electron chi connectivity index (χ3n) is 17.3. The van der Waals surface area contributed by atoms with E-state index in [1.54, 1.807) is 0 Å². The second kappa shape index (κ2) is 13.5.